The quantitative estimate of drug-likeness (QED) is 0.765. The predicted molar refractivity (Wildman–Crippen MR) is 72.9 cm³/mol. The number of benzene rings is 1. The second-order valence-corrected chi connectivity index (χ2v) is 4.59. The van der Waals surface area contributed by atoms with E-state index in [1.54, 1.807) is 18.2 Å². The largest absolute Gasteiger partial charge is 0.495 e. The van der Waals surface area contributed by atoms with Gasteiger partial charge in [0, 0.05) is 18.2 Å². The number of carbonyl (C=O) groups is 1. The number of hydrogen-bond acceptors (Lipinski definition) is 4. The summed E-state index contributed by atoms with van der Waals surface area (Å²) in [6.45, 7) is 2.75. The van der Waals surface area contributed by atoms with Crippen LogP contribution in [0, 0.1) is 0 Å². The molecule has 1 aromatic rings. The maximum atomic E-state index is 12.0. The minimum absolute atomic E-state index is 0.0797. The molecule has 0 bridgehead atoms. The summed E-state index contributed by atoms with van der Waals surface area (Å²) in [4.78, 5) is 14.0. The van der Waals surface area contributed by atoms with E-state index in [2.05, 4.69) is 5.32 Å². The second-order valence-electron chi connectivity index (χ2n) is 4.59. The third-order valence-electron chi connectivity index (χ3n) is 2.51. The molecule has 0 radical (unpaired) electrons. The van der Waals surface area contributed by atoms with Crippen LogP contribution in [-0.2, 0) is 0 Å². The van der Waals surface area contributed by atoms with Crippen molar-refractivity contribution in [1.29, 1.82) is 0 Å². The van der Waals surface area contributed by atoms with Crippen LogP contribution < -0.4 is 15.8 Å². The van der Waals surface area contributed by atoms with Crippen molar-refractivity contribution >= 4 is 11.6 Å². The van der Waals surface area contributed by atoms with Crippen LogP contribution >= 0.6 is 0 Å². The maximum absolute atomic E-state index is 12.0. The summed E-state index contributed by atoms with van der Waals surface area (Å²) in [5.41, 5.74) is 6.78. The number of methoxy groups -OCH3 is 1. The first-order valence-electron chi connectivity index (χ1n) is 5.83. The van der Waals surface area contributed by atoms with E-state index in [1.165, 1.54) is 7.11 Å². The highest BCUT2D eigenvalue weighted by molar-refractivity contribution is 5.95. The molecule has 1 rings (SSSR count). The first-order valence-corrected chi connectivity index (χ1v) is 5.83. The van der Waals surface area contributed by atoms with Crippen LogP contribution in [0.15, 0.2) is 18.2 Å². The number of nitrogens with two attached hydrogens (primary N) is 1. The summed E-state index contributed by atoms with van der Waals surface area (Å²) < 4.78 is 5.09. The number of rotatable bonds is 5. The fourth-order valence-corrected chi connectivity index (χ4v) is 1.75. The van der Waals surface area contributed by atoms with Gasteiger partial charge in [0.2, 0.25) is 0 Å². The lowest BCUT2D eigenvalue weighted by Crippen LogP contribution is -2.39. The molecule has 3 N–H and O–H groups in total. The fraction of sp³-hybridized carbons (Fsp3) is 0.462. The van der Waals surface area contributed by atoms with Gasteiger partial charge in [-0.3, -0.25) is 4.79 Å². The van der Waals surface area contributed by atoms with Crippen molar-refractivity contribution < 1.29 is 9.53 Å². The Morgan fingerprint density at radius 2 is 2.17 bits per heavy atom. The van der Waals surface area contributed by atoms with Crippen LogP contribution in [-0.4, -0.2) is 44.6 Å². The molecule has 0 aliphatic heterocycles. The van der Waals surface area contributed by atoms with Gasteiger partial charge in [0.1, 0.15) is 5.75 Å². The molecule has 0 heterocycles. The number of nitrogens with zero attached hydrogens (tertiary/aromatic N) is 1. The molecule has 0 fully saturated rings. The lowest BCUT2D eigenvalue weighted by molar-refractivity contribution is 0.0934. The number of likely N-dealkylation sites (N-methyl/N-ethyl adjacent to an activating group) is 1. The van der Waals surface area contributed by atoms with Crippen LogP contribution in [0.25, 0.3) is 0 Å². The number of ether oxygens (including phenoxy) is 1. The average Bonchev–Trinajstić information content (AvgIpc) is 2.28. The average molecular weight is 251 g/mol. The minimum atomic E-state index is -0.123. The SMILES string of the molecule is COc1cc(C(=O)NC(C)CN(C)C)ccc1N. The van der Waals surface area contributed by atoms with Crippen molar-refractivity contribution in [3.63, 3.8) is 0 Å². The number of hydrogen-bond donors (Lipinski definition) is 2. The summed E-state index contributed by atoms with van der Waals surface area (Å²) >= 11 is 0. The van der Waals surface area contributed by atoms with Gasteiger partial charge in [-0.1, -0.05) is 0 Å². The third-order valence-corrected chi connectivity index (χ3v) is 2.51. The van der Waals surface area contributed by atoms with Crippen molar-refractivity contribution in [2.24, 2.45) is 0 Å². The fourth-order valence-electron chi connectivity index (χ4n) is 1.75. The predicted octanol–water partition coefficient (Wildman–Crippen LogP) is 0.957. The molecule has 1 amide bonds. The maximum Gasteiger partial charge on any atom is 0.251 e. The van der Waals surface area contributed by atoms with E-state index >= 15 is 0 Å². The summed E-state index contributed by atoms with van der Waals surface area (Å²) in [5, 5.41) is 2.92. The number of nitrogens with one attached hydrogen (secondary N) is 1. The van der Waals surface area contributed by atoms with E-state index < -0.39 is 0 Å². The molecule has 0 saturated carbocycles. The molecule has 0 aliphatic rings. The van der Waals surface area contributed by atoms with E-state index in [4.69, 9.17) is 10.5 Å². The first kappa shape index (κ1) is 14.3. The summed E-state index contributed by atoms with van der Waals surface area (Å²) in [6, 6.07) is 5.09. The zero-order valence-electron chi connectivity index (χ0n) is 11.4. The van der Waals surface area contributed by atoms with E-state index in [0.717, 1.165) is 6.54 Å². The van der Waals surface area contributed by atoms with Crippen molar-refractivity contribution in [2.75, 3.05) is 33.5 Å². The minimum Gasteiger partial charge on any atom is -0.495 e. The van der Waals surface area contributed by atoms with E-state index in [-0.39, 0.29) is 11.9 Å². The van der Waals surface area contributed by atoms with Crippen molar-refractivity contribution in [3.05, 3.63) is 23.8 Å². The molecule has 1 aromatic carbocycles. The molecule has 18 heavy (non-hydrogen) atoms. The highest BCUT2D eigenvalue weighted by Gasteiger charge is 2.12. The smallest absolute Gasteiger partial charge is 0.251 e. The van der Waals surface area contributed by atoms with Crippen molar-refractivity contribution in [2.45, 2.75) is 13.0 Å². The standard InChI is InChI=1S/C13H21N3O2/c1-9(8-16(2)3)15-13(17)10-5-6-11(14)12(7-10)18-4/h5-7,9H,8,14H2,1-4H3,(H,15,17). The molecule has 0 spiro atoms. The van der Waals surface area contributed by atoms with E-state index in [9.17, 15) is 4.79 Å². The van der Waals surface area contributed by atoms with Crippen molar-refractivity contribution in [3.8, 4) is 5.75 Å². The van der Waals surface area contributed by atoms with E-state index in [1.807, 2.05) is 25.9 Å². The lowest BCUT2D eigenvalue weighted by atomic mass is 10.1. The highest BCUT2D eigenvalue weighted by Crippen LogP contribution is 2.22. The Morgan fingerprint density at radius 1 is 1.50 bits per heavy atom. The topological polar surface area (TPSA) is 67.6 Å². The number of nitrogen functional groups attached to an aromatic ring is 1. The Kier molecular flexibility index (Phi) is 4.97. The zero-order valence-corrected chi connectivity index (χ0v) is 11.4. The number of amides is 1. The van der Waals surface area contributed by atoms with Gasteiger partial charge in [-0.15, -0.1) is 0 Å². The summed E-state index contributed by atoms with van der Waals surface area (Å²) in [5.74, 6) is 0.394. The molecule has 5 heteroatoms. The Bertz CT molecular complexity index is 419. The number of carbonyl (C=O) groups excluding carboxylic acids is 1. The van der Waals surface area contributed by atoms with Gasteiger partial charge in [0.25, 0.3) is 5.91 Å². The third kappa shape index (κ3) is 3.92. The molecule has 0 aliphatic carbocycles. The van der Waals surface area contributed by atoms with E-state index in [0.29, 0.717) is 17.0 Å². The van der Waals surface area contributed by atoms with Crippen LogP contribution in [0.4, 0.5) is 5.69 Å². The zero-order chi connectivity index (χ0) is 13.7. The first-order chi connectivity index (χ1) is 8.43. The van der Waals surface area contributed by atoms with Gasteiger partial charge in [-0.25, -0.2) is 0 Å². The van der Waals surface area contributed by atoms with Gasteiger partial charge >= 0.3 is 0 Å². The Labute approximate surface area is 108 Å². The molecule has 0 saturated heterocycles. The normalized spacial score (nSPS) is 12.3. The molecule has 100 valence electrons. The molecular formula is C13H21N3O2. The van der Waals surface area contributed by atoms with Gasteiger partial charge < -0.3 is 20.7 Å². The van der Waals surface area contributed by atoms with Crippen LogP contribution in [0.5, 0.6) is 5.75 Å². The Hall–Kier alpha value is -1.75. The van der Waals surface area contributed by atoms with Gasteiger partial charge in [0.05, 0.1) is 12.8 Å². The second kappa shape index (κ2) is 6.26. The summed E-state index contributed by atoms with van der Waals surface area (Å²) in [6.07, 6.45) is 0. The van der Waals surface area contributed by atoms with Gasteiger partial charge in [-0.05, 0) is 39.2 Å². The van der Waals surface area contributed by atoms with Gasteiger partial charge in [-0.2, -0.15) is 0 Å². The molecular weight excluding hydrogens is 230 g/mol. The number of anilines is 1. The Balaban J connectivity index is 2.72. The van der Waals surface area contributed by atoms with Gasteiger partial charge in [0.15, 0.2) is 0 Å². The molecule has 1 unspecified atom stereocenters. The molecule has 5 nitrogen and oxygen atoms in total. The molecule has 1 atom stereocenters. The lowest BCUT2D eigenvalue weighted by Gasteiger charge is -2.18. The summed E-state index contributed by atoms with van der Waals surface area (Å²) in [7, 11) is 5.46. The van der Waals surface area contributed by atoms with Crippen molar-refractivity contribution in [1.82, 2.24) is 10.2 Å². The highest BCUT2D eigenvalue weighted by atomic mass is 16.5. The van der Waals surface area contributed by atoms with Crippen LogP contribution in [0.1, 0.15) is 17.3 Å². The van der Waals surface area contributed by atoms with Crippen LogP contribution in [0.3, 0.4) is 0 Å². The monoisotopic (exact) mass is 251 g/mol. The van der Waals surface area contributed by atoms with Crippen LogP contribution in [0.2, 0.25) is 0 Å². The molecule has 0 aromatic heterocycles. The Morgan fingerprint density at radius 3 is 2.72 bits per heavy atom.